The molecule has 0 saturated heterocycles. The van der Waals surface area contributed by atoms with Crippen LogP contribution in [0.25, 0.3) is 0 Å². The summed E-state index contributed by atoms with van der Waals surface area (Å²) >= 11 is 0. The maximum atomic E-state index is 9.90. The number of aldehydes is 2. The molecule has 11 heteroatoms. The Kier molecular flexibility index (Phi) is 14.1. The number of hydrogen-bond acceptors (Lipinski definition) is 11. The molecule has 0 spiro atoms. The van der Waals surface area contributed by atoms with Crippen LogP contribution in [0.4, 0.5) is 0 Å². The Morgan fingerprint density at radius 3 is 1.48 bits per heavy atom. The van der Waals surface area contributed by atoms with Gasteiger partial charge in [0.25, 0.3) is 0 Å². The van der Waals surface area contributed by atoms with Crippen molar-refractivity contribution in [2.75, 3.05) is 13.2 Å². The molecule has 0 aromatic heterocycles. The summed E-state index contributed by atoms with van der Waals surface area (Å²) in [4.78, 5) is 19.7. The second-order valence-electron chi connectivity index (χ2n) is 4.61. The van der Waals surface area contributed by atoms with Gasteiger partial charge in [-0.2, -0.15) is 0 Å². The van der Waals surface area contributed by atoms with Crippen molar-refractivity contribution < 1.29 is 55.5 Å². The van der Waals surface area contributed by atoms with Crippen LogP contribution in [-0.4, -0.2) is 114 Å². The summed E-state index contributed by atoms with van der Waals surface area (Å²) in [5.74, 6) is 0. The van der Waals surface area contributed by atoms with Gasteiger partial charge >= 0.3 is 0 Å². The van der Waals surface area contributed by atoms with Gasteiger partial charge in [-0.15, -0.1) is 0 Å². The summed E-state index contributed by atoms with van der Waals surface area (Å²) in [6, 6.07) is 0. The van der Waals surface area contributed by atoms with E-state index in [1.165, 1.54) is 0 Å². The molecule has 0 aliphatic heterocycles. The van der Waals surface area contributed by atoms with E-state index in [0.717, 1.165) is 0 Å². The molecule has 23 heavy (non-hydrogen) atoms. The smallest absolute Gasteiger partial charge is 0.151 e. The van der Waals surface area contributed by atoms with Crippen LogP contribution < -0.4 is 0 Å². The average Bonchev–Trinajstić information content (AvgIpc) is 2.58. The number of rotatable bonds is 10. The molecule has 0 aliphatic carbocycles. The zero-order chi connectivity index (χ0) is 18.6. The highest BCUT2D eigenvalue weighted by atomic mass is 16.4. The number of aliphatic hydroxyl groups is 9. The van der Waals surface area contributed by atoms with Crippen molar-refractivity contribution in [3.05, 3.63) is 0 Å². The summed E-state index contributed by atoms with van der Waals surface area (Å²) < 4.78 is 0. The summed E-state index contributed by atoms with van der Waals surface area (Å²) in [6.07, 6.45) is -10.7. The molecule has 0 rings (SSSR count). The van der Waals surface area contributed by atoms with Crippen LogP contribution in [0.15, 0.2) is 0 Å². The third-order valence-electron chi connectivity index (χ3n) is 2.69. The first-order valence-electron chi connectivity index (χ1n) is 6.54. The highest BCUT2D eigenvalue weighted by molar-refractivity contribution is 5.56. The maximum absolute atomic E-state index is 9.90. The molecule has 0 heterocycles. The Balaban J connectivity index is 0. The zero-order valence-electron chi connectivity index (χ0n) is 12.2. The molecule has 0 amide bonds. The van der Waals surface area contributed by atoms with Gasteiger partial charge in [-0.3, -0.25) is 0 Å². The van der Waals surface area contributed by atoms with Gasteiger partial charge in [0.2, 0.25) is 0 Å². The molecular weight excluding hydrogens is 320 g/mol. The molecule has 7 unspecified atom stereocenters. The fourth-order valence-corrected chi connectivity index (χ4v) is 1.20. The molecular formula is C12H24O11. The van der Waals surface area contributed by atoms with E-state index >= 15 is 0 Å². The van der Waals surface area contributed by atoms with Crippen LogP contribution >= 0.6 is 0 Å². The van der Waals surface area contributed by atoms with Crippen molar-refractivity contribution >= 4 is 12.6 Å². The third kappa shape index (κ3) is 10.4. The van der Waals surface area contributed by atoms with Gasteiger partial charge in [0, 0.05) is 6.42 Å². The van der Waals surface area contributed by atoms with E-state index < -0.39 is 55.9 Å². The van der Waals surface area contributed by atoms with E-state index in [-0.39, 0.29) is 19.0 Å². The molecule has 7 atom stereocenters. The average molecular weight is 344 g/mol. The van der Waals surface area contributed by atoms with Crippen LogP contribution in [0.1, 0.15) is 6.42 Å². The topological polar surface area (TPSA) is 216 Å². The van der Waals surface area contributed by atoms with Gasteiger partial charge in [0.1, 0.15) is 42.9 Å². The number of carbonyl (C=O) groups is 2. The van der Waals surface area contributed by atoms with Gasteiger partial charge in [-0.05, 0) is 0 Å². The molecule has 0 aromatic rings. The number of carbonyl (C=O) groups excluding carboxylic acids is 2. The molecule has 11 nitrogen and oxygen atoms in total. The lowest BCUT2D eigenvalue weighted by atomic mass is 10.0. The standard InChI is InChI=1S/C6H12O6.C6H12O5/c7-1-3(9)5(11)6(12)4(10)2-8;7-2-4(9)1-5(10)6(11)3-8/h1,3-6,8-12H,2H2;2,4-6,8-11H,1,3H2. The van der Waals surface area contributed by atoms with Gasteiger partial charge in [-0.1, -0.05) is 0 Å². The Bertz CT molecular complexity index is 313. The van der Waals surface area contributed by atoms with E-state index in [9.17, 15) is 9.59 Å². The fourth-order valence-electron chi connectivity index (χ4n) is 1.20. The first kappa shape index (κ1) is 24.2. The lowest BCUT2D eigenvalue weighted by Gasteiger charge is -2.22. The Morgan fingerprint density at radius 2 is 1.13 bits per heavy atom. The molecule has 0 aliphatic rings. The first-order chi connectivity index (χ1) is 10.7. The van der Waals surface area contributed by atoms with Gasteiger partial charge in [-0.25, -0.2) is 0 Å². The second-order valence-corrected chi connectivity index (χ2v) is 4.61. The summed E-state index contributed by atoms with van der Waals surface area (Å²) in [5, 5.41) is 78.1. The van der Waals surface area contributed by atoms with Gasteiger partial charge < -0.3 is 55.5 Å². The predicted octanol–water partition coefficient (Wildman–Crippen LogP) is -5.73. The van der Waals surface area contributed by atoms with Crippen LogP contribution in [0.2, 0.25) is 0 Å². The quantitative estimate of drug-likeness (QED) is 0.170. The number of aliphatic hydroxyl groups excluding tert-OH is 9. The molecule has 138 valence electrons. The zero-order valence-corrected chi connectivity index (χ0v) is 12.2. The van der Waals surface area contributed by atoms with Crippen LogP contribution in [0, 0.1) is 0 Å². The lowest BCUT2D eigenvalue weighted by Crippen LogP contribution is -2.46. The van der Waals surface area contributed by atoms with Gasteiger partial charge in [0.05, 0.1) is 19.3 Å². The highest BCUT2D eigenvalue weighted by Gasteiger charge is 2.29. The van der Waals surface area contributed by atoms with Crippen molar-refractivity contribution in [3.8, 4) is 0 Å². The van der Waals surface area contributed by atoms with E-state index in [4.69, 9.17) is 46.0 Å². The Labute approximate surface area is 131 Å². The normalized spacial score (nSPS) is 20.0. The van der Waals surface area contributed by atoms with E-state index in [1.807, 2.05) is 0 Å². The van der Waals surface area contributed by atoms with E-state index in [2.05, 4.69) is 0 Å². The maximum Gasteiger partial charge on any atom is 0.151 e. The van der Waals surface area contributed by atoms with Crippen molar-refractivity contribution in [2.45, 2.75) is 49.1 Å². The minimum Gasteiger partial charge on any atom is -0.394 e. The largest absolute Gasteiger partial charge is 0.394 e. The Hall–Kier alpha value is -1.02. The minimum absolute atomic E-state index is 0.0258. The molecule has 0 saturated carbocycles. The first-order valence-corrected chi connectivity index (χ1v) is 6.54. The molecule has 0 radical (unpaired) electrons. The van der Waals surface area contributed by atoms with E-state index in [1.54, 1.807) is 0 Å². The van der Waals surface area contributed by atoms with Crippen molar-refractivity contribution in [3.63, 3.8) is 0 Å². The van der Waals surface area contributed by atoms with Crippen molar-refractivity contribution in [2.24, 2.45) is 0 Å². The monoisotopic (exact) mass is 344 g/mol. The van der Waals surface area contributed by atoms with Gasteiger partial charge in [0.15, 0.2) is 6.29 Å². The van der Waals surface area contributed by atoms with Crippen molar-refractivity contribution in [1.29, 1.82) is 0 Å². The number of hydrogen-bond donors (Lipinski definition) is 9. The third-order valence-corrected chi connectivity index (χ3v) is 2.69. The lowest BCUT2D eigenvalue weighted by molar-refractivity contribution is -0.136. The summed E-state index contributed by atoms with van der Waals surface area (Å²) in [7, 11) is 0. The van der Waals surface area contributed by atoms with E-state index in [0.29, 0.717) is 0 Å². The van der Waals surface area contributed by atoms with Crippen LogP contribution in [0.3, 0.4) is 0 Å². The summed E-state index contributed by atoms with van der Waals surface area (Å²) in [6.45, 7) is -1.35. The van der Waals surface area contributed by atoms with Crippen LogP contribution in [-0.2, 0) is 9.59 Å². The Morgan fingerprint density at radius 1 is 0.652 bits per heavy atom. The minimum atomic E-state index is -1.79. The van der Waals surface area contributed by atoms with Crippen molar-refractivity contribution in [1.82, 2.24) is 0 Å². The molecule has 0 fully saturated rings. The fraction of sp³-hybridized carbons (Fsp3) is 0.833. The molecule has 9 N–H and O–H groups in total. The van der Waals surface area contributed by atoms with Crippen LogP contribution in [0.5, 0.6) is 0 Å². The highest BCUT2D eigenvalue weighted by Crippen LogP contribution is 2.03. The summed E-state index contributed by atoms with van der Waals surface area (Å²) in [5.41, 5.74) is 0. The second kappa shape index (κ2) is 13.4. The molecule has 0 bridgehead atoms. The molecule has 0 aromatic carbocycles. The predicted molar refractivity (Wildman–Crippen MR) is 73.0 cm³/mol. The SMILES string of the molecule is O=CC(O)C(O)C(O)C(O)CO.O=CC(O)CC(O)C(O)CO.